The SMILES string of the molecule is CN(Cc1nnn(C)n1)CC1CCCNC1. The summed E-state index contributed by atoms with van der Waals surface area (Å²) in [5.74, 6) is 1.56. The molecule has 2 heterocycles. The van der Waals surface area contributed by atoms with Crippen molar-refractivity contribution in [3.05, 3.63) is 5.82 Å². The number of aryl methyl sites for hydroxylation is 1. The van der Waals surface area contributed by atoms with Crippen LogP contribution in [0, 0.1) is 5.92 Å². The molecule has 1 unspecified atom stereocenters. The molecule has 1 fully saturated rings. The highest BCUT2D eigenvalue weighted by Gasteiger charge is 2.15. The molecule has 1 aliphatic heterocycles. The molecule has 0 radical (unpaired) electrons. The van der Waals surface area contributed by atoms with Crippen LogP contribution in [0.1, 0.15) is 18.7 Å². The molecule has 1 aromatic heterocycles. The summed E-state index contributed by atoms with van der Waals surface area (Å²) in [6.45, 7) is 4.19. The van der Waals surface area contributed by atoms with Crippen LogP contribution >= 0.6 is 0 Å². The van der Waals surface area contributed by atoms with Crippen LogP contribution in [0.15, 0.2) is 0 Å². The highest BCUT2D eigenvalue weighted by atomic mass is 15.6. The van der Waals surface area contributed by atoms with Gasteiger partial charge in [-0.2, -0.15) is 4.80 Å². The average molecular weight is 224 g/mol. The summed E-state index contributed by atoms with van der Waals surface area (Å²) in [6, 6.07) is 0. The topological polar surface area (TPSA) is 58.9 Å². The quantitative estimate of drug-likeness (QED) is 0.757. The zero-order chi connectivity index (χ0) is 11.4. The van der Waals surface area contributed by atoms with Crippen LogP contribution in [0.25, 0.3) is 0 Å². The van der Waals surface area contributed by atoms with Crippen LogP contribution < -0.4 is 5.32 Å². The molecule has 0 aromatic carbocycles. The molecular formula is C10H20N6. The van der Waals surface area contributed by atoms with Gasteiger partial charge >= 0.3 is 0 Å². The van der Waals surface area contributed by atoms with Gasteiger partial charge in [0.2, 0.25) is 0 Å². The number of piperidine rings is 1. The number of tetrazole rings is 1. The number of aromatic nitrogens is 4. The van der Waals surface area contributed by atoms with Crippen molar-refractivity contribution < 1.29 is 0 Å². The first-order valence-corrected chi connectivity index (χ1v) is 5.86. The lowest BCUT2D eigenvalue weighted by Gasteiger charge is -2.26. The van der Waals surface area contributed by atoms with Gasteiger partial charge in [0.25, 0.3) is 0 Å². The van der Waals surface area contributed by atoms with Gasteiger partial charge in [-0.25, -0.2) is 0 Å². The van der Waals surface area contributed by atoms with Gasteiger partial charge in [0.15, 0.2) is 5.82 Å². The number of hydrogen-bond donors (Lipinski definition) is 1. The van der Waals surface area contributed by atoms with Crippen molar-refractivity contribution in [2.24, 2.45) is 13.0 Å². The smallest absolute Gasteiger partial charge is 0.188 e. The standard InChI is InChI=1S/C10H20N6/c1-15(7-9-4-3-5-11-6-9)8-10-12-14-16(2)13-10/h9,11H,3-8H2,1-2H3. The minimum absolute atomic E-state index is 0.760. The van der Waals surface area contributed by atoms with E-state index in [2.05, 4.69) is 32.7 Å². The van der Waals surface area contributed by atoms with Crippen LogP contribution in [0.5, 0.6) is 0 Å². The molecule has 1 saturated heterocycles. The van der Waals surface area contributed by atoms with E-state index >= 15 is 0 Å². The Bertz CT molecular complexity index is 317. The first-order chi connectivity index (χ1) is 7.74. The molecule has 90 valence electrons. The van der Waals surface area contributed by atoms with Crippen LogP contribution in [0.2, 0.25) is 0 Å². The Labute approximate surface area is 96.0 Å². The lowest BCUT2D eigenvalue weighted by atomic mass is 9.99. The minimum Gasteiger partial charge on any atom is -0.316 e. The Morgan fingerprint density at radius 2 is 2.44 bits per heavy atom. The minimum atomic E-state index is 0.760. The predicted molar refractivity (Wildman–Crippen MR) is 60.7 cm³/mol. The summed E-state index contributed by atoms with van der Waals surface area (Å²) < 4.78 is 0. The summed E-state index contributed by atoms with van der Waals surface area (Å²) in [6.07, 6.45) is 2.62. The molecule has 0 saturated carbocycles. The molecule has 1 atom stereocenters. The molecule has 1 aliphatic rings. The number of nitrogens with one attached hydrogen (secondary N) is 1. The van der Waals surface area contributed by atoms with Crippen molar-refractivity contribution in [2.75, 3.05) is 26.7 Å². The van der Waals surface area contributed by atoms with Crippen molar-refractivity contribution in [3.8, 4) is 0 Å². The summed E-state index contributed by atoms with van der Waals surface area (Å²) in [4.78, 5) is 3.78. The summed E-state index contributed by atoms with van der Waals surface area (Å²) in [5.41, 5.74) is 0. The van der Waals surface area contributed by atoms with Crippen LogP contribution in [-0.2, 0) is 13.6 Å². The predicted octanol–water partition coefficient (Wildman–Crippen LogP) is -0.358. The Morgan fingerprint density at radius 3 is 3.06 bits per heavy atom. The Morgan fingerprint density at radius 1 is 1.56 bits per heavy atom. The molecule has 0 spiro atoms. The molecule has 6 nitrogen and oxygen atoms in total. The molecule has 0 amide bonds. The van der Waals surface area contributed by atoms with Gasteiger partial charge in [0, 0.05) is 6.54 Å². The molecule has 6 heteroatoms. The summed E-state index contributed by atoms with van der Waals surface area (Å²) in [5, 5.41) is 15.4. The fraction of sp³-hybridized carbons (Fsp3) is 0.900. The number of rotatable bonds is 4. The van der Waals surface area contributed by atoms with Gasteiger partial charge in [-0.05, 0) is 44.1 Å². The van der Waals surface area contributed by atoms with E-state index < -0.39 is 0 Å². The molecule has 1 N–H and O–H groups in total. The zero-order valence-electron chi connectivity index (χ0n) is 10.1. The average Bonchev–Trinajstić information content (AvgIpc) is 2.65. The van der Waals surface area contributed by atoms with Crippen molar-refractivity contribution in [3.63, 3.8) is 0 Å². The van der Waals surface area contributed by atoms with E-state index in [-0.39, 0.29) is 0 Å². The summed E-state index contributed by atoms with van der Waals surface area (Å²) >= 11 is 0. The highest BCUT2D eigenvalue weighted by molar-refractivity contribution is 4.78. The lowest BCUT2D eigenvalue weighted by molar-refractivity contribution is 0.233. The van der Waals surface area contributed by atoms with E-state index in [1.54, 1.807) is 7.05 Å². The normalized spacial score (nSPS) is 21.6. The Hall–Kier alpha value is -1.01. The molecular weight excluding hydrogens is 204 g/mol. The Kier molecular flexibility index (Phi) is 3.84. The van der Waals surface area contributed by atoms with Crippen molar-refractivity contribution in [1.82, 2.24) is 30.4 Å². The molecule has 0 bridgehead atoms. The fourth-order valence-electron chi connectivity index (χ4n) is 2.21. The molecule has 1 aromatic rings. The van der Waals surface area contributed by atoms with E-state index in [4.69, 9.17) is 0 Å². The fourth-order valence-corrected chi connectivity index (χ4v) is 2.21. The maximum absolute atomic E-state index is 4.18. The third kappa shape index (κ3) is 3.24. The summed E-state index contributed by atoms with van der Waals surface area (Å²) in [7, 11) is 3.91. The van der Waals surface area contributed by atoms with Gasteiger partial charge in [-0.1, -0.05) is 0 Å². The van der Waals surface area contributed by atoms with E-state index in [1.807, 2.05) is 0 Å². The van der Waals surface area contributed by atoms with Gasteiger partial charge in [0.05, 0.1) is 13.6 Å². The maximum Gasteiger partial charge on any atom is 0.188 e. The second kappa shape index (κ2) is 5.36. The lowest BCUT2D eigenvalue weighted by Crippen LogP contribution is -2.36. The van der Waals surface area contributed by atoms with Gasteiger partial charge < -0.3 is 5.32 Å². The second-order valence-electron chi connectivity index (χ2n) is 4.60. The molecule has 16 heavy (non-hydrogen) atoms. The maximum atomic E-state index is 4.18. The van der Waals surface area contributed by atoms with Crippen molar-refractivity contribution in [1.29, 1.82) is 0 Å². The van der Waals surface area contributed by atoms with E-state index in [0.29, 0.717) is 0 Å². The molecule has 0 aliphatic carbocycles. The largest absolute Gasteiger partial charge is 0.316 e. The van der Waals surface area contributed by atoms with Gasteiger partial charge in [-0.15, -0.1) is 10.2 Å². The van der Waals surface area contributed by atoms with E-state index in [1.165, 1.54) is 24.2 Å². The van der Waals surface area contributed by atoms with Crippen LogP contribution in [0.4, 0.5) is 0 Å². The first-order valence-electron chi connectivity index (χ1n) is 5.86. The first kappa shape index (κ1) is 11.5. The van der Waals surface area contributed by atoms with Gasteiger partial charge in [0.1, 0.15) is 0 Å². The van der Waals surface area contributed by atoms with Crippen LogP contribution in [0.3, 0.4) is 0 Å². The Balaban J connectivity index is 1.77. The highest BCUT2D eigenvalue weighted by Crippen LogP contribution is 2.11. The number of nitrogens with zero attached hydrogens (tertiary/aromatic N) is 5. The third-order valence-corrected chi connectivity index (χ3v) is 2.93. The number of hydrogen-bond acceptors (Lipinski definition) is 5. The van der Waals surface area contributed by atoms with Crippen LogP contribution in [-0.4, -0.2) is 51.8 Å². The van der Waals surface area contributed by atoms with Gasteiger partial charge in [-0.3, -0.25) is 4.90 Å². The van der Waals surface area contributed by atoms with E-state index in [9.17, 15) is 0 Å². The van der Waals surface area contributed by atoms with E-state index in [0.717, 1.165) is 31.4 Å². The molecule has 2 rings (SSSR count). The van der Waals surface area contributed by atoms with Crippen molar-refractivity contribution >= 4 is 0 Å². The zero-order valence-corrected chi connectivity index (χ0v) is 10.1. The third-order valence-electron chi connectivity index (χ3n) is 2.93. The monoisotopic (exact) mass is 224 g/mol. The van der Waals surface area contributed by atoms with Crippen molar-refractivity contribution in [2.45, 2.75) is 19.4 Å². The second-order valence-corrected chi connectivity index (χ2v) is 4.60.